The lowest BCUT2D eigenvalue weighted by Gasteiger charge is -2.44. The van der Waals surface area contributed by atoms with E-state index in [1.165, 1.54) is 12.8 Å². The van der Waals surface area contributed by atoms with Crippen molar-refractivity contribution in [2.75, 3.05) is 32.8 Å². The Morgan fingerprint density at radius 2 is 1.80 bits per heavy atom. The van der Waals surface area contributed by atoms with E-state index in [1.807, 2.05) is 4.90 Å². The lowest BCUT2D eigenvalue weighted by Crippen LogP contribution is -2.55. The molecule has 3 aliphatic heterocycles. The van der Waals surface area contributed by atoms with Crippen LogP contribution >= 0.6 is 0 Å². The van der Waals surface area contributed by atoms with E-state index < -0.39 is 0 Å². The third-order valence-electron chi connectivity index (χ3n) is 6.72. The second kappa shape index (κ2) is 7.14. The van der Waals surface area contributed by atoms with Crippen LogP contribution in [0, 0.1) is 5.41 Å². The fourth-order valence-corrected chi connectivity index (χ4v) is 5.21. The maximum Gasteiger partial charge on any atom is 0.317 e. The maximum absolute atomic E-state index is 13.3. The fourth-order valence-electron chi connectivity index (χ4n) is 5.21. The van der Waals surface area contributed by atoms with E-state index in [1.54, 1.807) is 0 Å². The summed E-state index contributed by atoms with van der Waals surface area (Å²) < 4.78 is 5.46. The predicted octanol–water partition coefficient (Wildman–Crippen LogP) is 2.13. The molecule has 1 atom stereocenters. The summed E-state index contributed by atoms with van der Waals surface area (Å²) in [7, 11) is 0. The van der Waals surface area contributed by atoms with Gasteiger partial charge in [-0.1, -0.05) is 12.8 Å². The topological polar surface area (TPSA) is 61.9 Å². The van der Waals surface area contributed by atoms with Crippen LogP contribution in [0.3, 0.4) is 0 Å². The number of carbonyl (C=O) groups is 2. The normalized spacial score (nSPS) is 31.9. The van der Waals surface area contributed by atoms with Crippen molar-refractivity contribution in [1.82, 2.24) is 15.1 Å². The molecule has 4 rings (SSSR count). The number of hydrogen-bond acceptors (Lipinski definition) is 3. The van der Waals surface area contributed by atoms with Crippen molar-refractivity contribution in [3.8, 4) is 0 Å². The molecule has 0 aromatic carbocycles. The Morgan fingerprint density at radius 3 is 2.56 bits per heavy atom. The Hall–Kier alpha value is -1.30. The zero-order chi connectivity index (χ0) is 17.3. The van der Waals surface area contributed by atoms with Crippen LogP contribution in [-0.4, -0.2) is 66.7 Å². The molecule has 1 spiro atoms. The average Bonchev–Trinajstić information content (AvgIpc) is 3.29. The molecule has 0 aromatic rings. The highest BCUT2D eigenvalue weighted by atomic mass is 16.5. The van der Waals surface area contributed by atoms with E-state index in [0.717, 1.165) is 64.7 Å². The molecule has 4 aliphatic rings. The summed E-state index contributed by atoms with van der Waals surface area (Å²) in [5, 5.41) is 3.18. The number of nitrogens with one attached hydrogen (secondary N) is 1. The number of amides is 3. The lowest BCUT2D eigenvalue weighted by atomic mass is 9.77. The number of hydrogen-bond donors (Lipinski definition) is 1. The van der Waals surface area contributed by atoms with Crippen molar-refractivity contribution in [2.24, 2.45) is 5.41 Å². The molecule has 4 fully saturated rings. The SMILES string of the molecule is O=C(NC1CCCC1)N1CC[C@]2(CCCN(C3CCOCC3)C2=O)C1. The van der Waals surface area contributed by atoms with E-state index in [4.69, 9.17) is 4.74 Å². The van der Waals surface area contributed by atoms with Crippen molar-refractivity contribution in [3.63, 3.8) is 0 Å². The molecule has 3 saturated heterocycles. The van der Waals surface area contributed by atoms with Crippen LogP contribution < -0.4 is 5.32 Å². The minimum Gasteiger partial charge on any atom is -0.381 e. The molecule has 25 heavy (non-hydrogen) atoms. The van der Waals surface area contributed by atoms with Gasteiger partial charge in [0.1, 0.15) is 0 Å². The molecule has 140 valence electrons. The molecule has 3 heterocycles. The molecule has 1 aliphatic carbocycles. The Kier molecular flexibility index (Phi) is 4.89. The Labute approximate surface area is 150 Å². The first-order valence-electron chi connectivity index (χ1n) is 10.1. The minimum atomic E-state index is -0.330. The molecule has 0 aromatic heterocycles. The van der Waals surface area contributed by atoms with Crippen LogP contribution in [0.1, 0.15) is 57.8 Å². The number of nitrogens with zero attached hydrogens (tertiary/aromatic N) is 2. The van der Waals surface area contributed by atoms with Gasteiger partial charge in [0.15, 0.2) is 0 Å². The third kappa shape index (κ3) is 3.37. The van der Waals surface area contributed by atoms with E-state index in [-0.39, 0.29) is 11.4 Å². The monoisotopic (exact) mass is 349 g/mol. The first-order chi connectivity index (χ1) is 12.2. The number of rotatable bonds is 2. The lowest BCUT2D eigenvalue weighted by molar-refractivity contribution is -0.150. The average molecular weight is 349 g/mol. The van der Waals surface area contributed by atoms with Crippen LogP contribution in [0.2, 0.25) is 0 Å². The molecule has 0 unspecified atom stereocenters. The van der Waals surface area contributed by atoms with Crippen LogP contribution in [0.5, 0.6) is 0 Å². The van der Waals surface area contributed by atoms with Crippen LogP contribution in [-0.2, 0) is 9.53 Å². The van der Waals surface area contributed by atoms with E-state index in [9.17, 15) is 9.59 Å². The van der Waals surface area contributed by atoms with Crippen LogP contribution in [0.4, 0.5) is 4.79 Å². The summed E-state index contributed by atoms with van der Waals surface area (Å²) in [6.07, 6.45) is 9.34. The number of carbonyl (C=O) groups excluding carboxylic acids is 2. The van der Waals surface area contributed by atoms with Gasteiger partial charge in [-0.15, -0.1) is 0 Å². The number of piperidine rings is 1. The molecule has 1 saturated carbocycles. The summed E-state index contributed by atoms with van der Waals surface area (Å²) in [6, 6.07) is 0.712. The van der Waals surface area contributed by atoms with Gasteiger partial charge in [-0.25, -0.2) is 4.79 Å². The van der Waals surface area contributed by atoms with Crippen molar-refractivity contribution < 1.29 is 14.3 Å². The Bertz CT molecular complexity index is 514. The van der Waals surface area contributed by atoms with Crippen LogP contribution in [0.25, 0.3) is 0 Å². The number of likely N-dealkylation sites (tertiary alicyclic amines) is 2. The van der Waals surface area contributed by atoms with Gasteiger partial charge in [-0.2, -0.15) is 0 Å². The second-order valence-electron chi connectivity index (χ2n) is 8.33. The highest BCUT2D eigenvalue weighted by molar-refractivity contribution is 5.86. The molecular weight excluding hydrogens is 318 g/mol. The molecule has 3 amide bonds. The van der Waals surface area contributed by atoms with Crippen molar-refractivity contribution in [3.05, 3.63) is 0 Å². The van der Waals surface area contributed by atoms with Crippen molar-refractivity contribution in [1.29, 1.82) is 0 Å². The molecule has 6 nitrogen and oxygen atoms in total. The van der Waals surface area contributed by atoms with Gasteiger partial charge < -0.3 is 19.9 Å². The van der Waals surface area contributed by atoms with Gasteiger partial charge >= 0.3 is 6.03 Å². The molecular formula is C19H31N3O3. The van der Waals surface area contributed by atoms with Crippen LogP contribution in [0.15, 0.2) is 0 Å². The van der Waals surface area contributed by atoms with Gasteiger partial charge in [-0.3, -0.25) is 4.79 Å². The standard InChI is InChI=1S/C19H31N3O3/c23-17-19(8-3-10-22(17)16-6-12-25-13-7-16)9-11-21(14-19)18(24)20-15-4-1-2-5-15/h15-16H,1-14H2,(H,20,24)/t19-/m1/s1. The van der Waals surface area contributed by atoms with Gasteiger partial charge in [0.2, 0.25) is 5.91 Å². The highest BCUT2D eigenvalue weighted by Gasteiger charge is 2.50. The van der Waals surface area contributed by atoms with Gasteiger partial charge in [0.25, 0.3) is 0 Å². The van der Waals surface area contributed by atoms with Crippen molar-refractivity contribution >= 4 is 11.9 Å². The Morgan fingerprint density at radius 1 is 1.04 bits per heavy atom. The summed E-state index contributed by atoms with van der Waals surface area (Å²) in [5.74, 6) is 0.293. The smallest absolute Gasteiger partial charge is 0.317 e. The van der Waals surface area contributed by atoms with Gasteiger partial charge in [-0.05, 0) is 44.9 Å². The van der Waals surface area contributed by atoms with E-state index >= 15 is 0 Å². The molecule has 1 N–H and O–H groups in total. The highest BCUT2D eigenvalue weighted by Crippen LogP contribution is 2.41. The summed E-state index contributed by atoms with van der Waals surface area (Å²) >= 11 is 0. The van der Waals surface area contributed by atoms with E-state index in [0.29, 0.717) is 31.1 Å². The minimum absolute atomic E-state index is 0.0414. The predicted molar refractivity (Wildman–Crippen MR) is 94.2 cm³/mol. The van der Waals surface area contributed by atoms with Gasteiger partial charge in [0, 0.05) is 44.9 Å². The summed E-state index contributed by atoms with van der Waals surface area (Å²) in [5.41, 5.74) is -0.330. The second-order valence-corrected chi connectivity index (χ2v) is 8.33. The molecule has 6 heteroatoms. The summed E-state index contributed by atoms with van der Waals surface area (Å²) in [6.45, 7) is 3.71. The zero-order valence-electron chi connectivity index (χ0n) is 15.2. The Balaban J connectivity index is 1.39. The molecule has 0 bridgehead atoms. The van der Waals surface area contributed by atoms with Gasteiger partial charge in [0.05, 0.1) is 5.41 Å². The first-order valence-corrected chi connectivity index (χ1v) is 10.1. The first kappa shape index (κ1) is 17.1. The maximum atomic E-state index is 13.3. The summed E-state index contributed by atoms with van der Waals surface area (Å²) in [4.78, 5) is 29.9. The number of ether oxygens (including phenoxy) is 1. The quantitative estimate of drug-likeness (QED) is 0.831. The molecule has 0 radical (unpaired) electrons. The zero-order valence-corrected chi connectivity index (χ0v) is 15.2. The largest absolute Gasteiger partial charge is 0.381 e. The number of urea groups is 1. The third-order valence-corrected chi connectivity index (χ3v) is 6.72. The fraction of sp³-hybridized carbons (Fsp3) is 0.895. The van der Waals surface area contributed by atoms with E-state index in [2.05, 4.69) is 10.2 Å². The van der Waals surface area contributed by atoms with Crippen molar-refractivity contribution in [2.45, 2.75) is 69.9 Å².